The molecule has 1 heterocycles. The normalized spacial score (nSPS) is 13.8. The lowest BCUT2D eigenvalue weighted by atomic mass is 9.97. The molecule has 1 aliphatic rings. The second kappa shape index (κ2) is 9.13. The Morgan fingerprint density at radius 1 is 1.19 bits per heavy atom. The molecule has 0 spiro atoms. The second-order valence-corrected chi connectivity index (χ2v) is 6.46. The van der Waals surface area contributed by atoms with Crippen molar-refractivity contribution in [1.82, 2.24) is 9.97 Å². The first-order chi connectivity index (χ1) is 12.8. The number of carbonyl (C=O) groups excluding carboxylic acids is 1. The third-order valence-corrected chi connectivity index (χ3v) is 4.65. The van der Waals surface area contributed by atoms with Gasteiger partial charge in [-0.05, 0) is 51.2 Å². The molecule has 0 bridgehead atoms. The number of hydrogen-bond acceptors (Lipinski definition) is 4. The van der Waals surface area contributed by atoms with Crippen LogP contribution < -0.4 is 10.2 Å². The number of para-hydroxylation sites is 1. The maximum atomic E-state index is 12.8. The number of carbonyl (C=O) groups is 1. The molecule has 0 saturated heterocycles. The number of nitrogens with zero attached hydrogens (tertiary/aromatic N) is 3. The van der Waals surface area contributed by atoms with Gasteiger partial charge in [0, 0.05) is 24.8 Å². The number of aromatic nitrogens is 2. The van der Waals surface area contributed by atoms with Gasteiger partial charge in [0.2, 0.25) is 0 Å². The highest BCUT2D eigenvalue weighted by atomic mass is 16.2. The van der Waals surface area contributed by atoms with E-state index in [9.17, 15) is 4.79 Å². The Morgan fingerprint density at radius 2 is 2.04 bits per heavy atom. The average Bonchev–Trinajstić information content (AvgIpc) is 2.70. The van der Waals surface area contributed by atoms with E-state index in [0.717, 1.165) is 18.7 Å². The van der Waals surface area contributed by atoms with Crippen molar-refractivity contribution in [2.75, 3.05) is 23.3 Å². The summed E-state index contributed by atoms with van der Waals surface area (Å²) in [7, 11) is 0. The summed E-state index contributed by atoms with van der Waals surface area (Å²) in [5.74, 6) is 0.586. The fourth-order valence-electron chi connectivity index (χ4n) is 3.24. The molecule has 1 aromatic heterocycles. The fourth-order valence-corrected chi connectivity index (χ4v) is 3.24. The first kappa shape index (κ1) is 18.1. The molecular weight excluding hydrogens is 324 g/mol. The summed E-state index contributed by atoms with van der Waals surface area (Å²) in [5, 5.41) is 3.32. The number of amides is 1. The predicted molar refractivity (Wildman–Crippen MR) is 105 cm³/mol. The van der Waals surface area contributed by atoms with E-state index in [1.165, 1.54) is 37.6 Å². The number of allylic oxidation sites excluding steroid dienone is 1. The van der Waals surface area contributed by atoms with E-state index in [2.05, 4.69) is 21.4 Å². The van der Waals surface area contributed by atoms with Crippen LogP contribution in [0.15, 0.2) is 54.4 Å². The first-order valence-electron chi connectivity index (χ1n) is 9.38. The third kappa shape index (κ3) is 4.69. The lowest BCUT2D eigenvalue weighted by Crippen LogP contribution is -2.31. The van der Waals surface area contributed by atoms with Gasteiger partial charge in [0.15, 0.2) is 0 Å². The van der Waals surface area contributed by atoms with E-state index in [0.29, 0.717) is 18.1 Å². The van der Waals surface area contributed by atoms with Gasteiger partial charge < -0.3 is 10.2 Å². The summed E-state index contributed by atoms with van der Waals surface area (Å²) < 4.78 is 0. The van der Waals surface area contributed by atoms with Crippen molar-refractivity contribution in [2.45, 2.75) is 39.0 Å². The molecule has 1 amide bonds. The molecule has 0 aliphatic heterocycles. The zero-order valence-electron chi connectivity index (χ0n) is 15.3. The lowest BCUT2D eigenvalue weighted by molar-refractivity contribution is 0.0983. The second-order valence-electron chi connectivity index (χ2n) is 6.46. The Morgan fingerprint density at radius 3 is 2.77 bits per heavy atom. The Bertz CT molecular complexity index is 758. The molecule has 0 saturated carbocycles. The topological polar surface area (TPSA) is 58.1 Å². The van der Waals surface area contributed by atoms with Crippen molar-refractivity contribution in [2.24, 2.45) is 0 Å². The summed E-state index contributed by atoms with van der Waals surface area (Å²) in [5.41, 5.74) is 2.80. The van der Waals surface area contributed by atoms with Crippen LogP contribution in [0.2, 0.25) is 0 Å². The van der Waals surface area contributed by atoms with E-state index in [-0.39, 0.29) is 5.91 Å². The van der Waals surface area contributed by atoms with Crippen LogP contribution in [0.4, 0.5) is 11.5 Å². The summed E-state index contributed by atoms with van der Waals surface area (Å²) in [6, 6.07) is 11.4. The van der Waals surface area contributed by atoms with Gasteiger partial charge in [-0.2, -0.15) is 0 Å². The van der Waals surface area contributed by atoms with Crippen molar-refractivity contribution < 1.29 is 4.79 Å². The maximum Gasteiger partial charge on any atom is 0.277 e. The summed E-state index contributed by atoms with van der Waals surface area (Å²) in [6.07, 6.45) is 9.85. The Hall–Kier alpha value is -2.69. The first-order valence-corrected chi connectivity index (χ1v) is 9.38. The average molecular weight is 350 g/mol. The minimum absolute atomic E-state index is 0.112. The van der Waals surface area contributed by atoms with Gasteiger partial charge in [-0.1, -0.05) is 29.8 Å². The summed E-state index contributed by atoms with van der Waals surface area (Å²) >= 11 is 0. The number of anilines is 2. The molecule has 0 radical (unpaired) electrons. The van der Waals surface area contributed by atoms with Gasteiger partial charge in [0.05, 0.1) is 0 Å². The predicted octanol–water partition coefficient (Wildman–Crippen LogP) is 4.45. The van der Waals surface area contributed by atoms with Gasteiger partial charge in [0.1, 0.15) is 17.8 Å². The van der Waals surface area contributed by atoms with Gasteiger partial charge >= 0.3 is 0 Å². The molecule has 1 N–H and O–H groups in total. The number of benzene rings is 1. The summed E-state index contributed by atoms with van der Waals surface area (Å²) in [6.45, 7) is 3.37. The van der Waals surface area contributed by atoms with E-state index >= 15 is 0 Å². The van der Waals surface area contributed by atoms with E-state index in [4.69, 9.17) is 0 Å². The van der Waals surface area contributed by atoms with Crippen LogP contribution >= 0.6 is 0 Å². The quantitative estimate of drug-likeness (QED) is 0.750. The monoisotopic (exact) mass is 350 g/mol. The van der Waals surface area contributed by atoms with Crippen LogP contribution in [0, 0.1) is 0 Å². The van der Waals surface area contributed by atoms with Crippen molar-refractivity contribution in [3.05, 3.63) is 60.1 Å². The maximum absolute atomic E-state index is 12.8. The standard InChI is InChI=1S/C21H26N4O/c1-2-25(18-11-7-4-8-12-18)21(26)19-15-20(24-16-23-19)22-14-13-17-9-5-3-6-10-17/h4,7-9,11-12,15-16H,2-3,5-6,10,13-14H2,1H3,(H,22,23,24). The van der Waals surface area contributed by atoms with Crippen LogP contribution in [-0.2, 0) is 0 Å². The fraction of sp³-hybridized carbons (Fsp3) is 0.381. The van der Waals surface area contributed by atoms with Gasteiger partial charge in [-0.3, -0.25) is 4.79 Å². The number of rotatable bonds is 7. The molecule has 0 unspecified atom stereocenters. The molecule has 2 aromatic rings. The SMILES string of the molecule is CCN(C(=O)c1cc(NCCC2=CCCCC2)ncn1)c1ccccc1. The van der Waals surface area contributed by atoms with Crippen LogP contribution in [0.1, 0.15) is 49.5 Å². The van der Waals surface area contributed by atoms with E-state index in [1.54, 1.807) is 11.0 Å². The molecule has 3 rings (SSSR count). The lowest BCUT2D eigenvalue weighted by Gasteiger charge is -2.20. The molecule has 5 nitrogen and oxygen atoms in total. The Labute approximate surface area is 155 Å². The largest absolute Gasteiger partial charge is 0.370 e. The van der Waals surface area contributed by atoms with Gasteiger partial charge in [-0.25, -0.2) is 9.97 Å². The van der Waals surface area contributed by atoms with Crippen LogP contribution in [-0.4, -0.2) is 29.0 Å². The molecule has 1 aliphatic carbocycles. The molecule has 26 heavy (non-hydrogen) atoms. The van der Waals surface area contributed by atoms with Crippen molar-refractivity contribution >= 4 is 17.4 Å². The number of hydrogen-bond donors (Lipinski definition) is 1. The van der Waals surface area contributed by atoms with Crippen molar-refractivity contribution in [1.29, 1.82) is 0 Å². The Kier molecular flexibility index (Phi) is 6.36. The zero-order valence-corrected chi connectivity index (χ0v) is 15.3. The molecule has 0 fully saturated rings. The van der Waals surface area contributed by atoms with Gasteiger partial charge in [-0.15, -0.1) is 0 Å². The van der Waals surface area contributed by atoms with Crippen LogP contribution in [0.3, 0.4) is 0 Å². The van der Waals surface area contributed by atoms with E-state index < -0.39 is 0 Å². The molecule has 5 heteroatoms. The van der Waals surface area contributed by atoms with Crippen molar-refractivity contribution in [3.63, 3.8) is 0 Å². The highest BCUT2D eigenvalue weighted by molar-refractivity contribution is 6.05. The van der Waals surface area contributed by atoms with Gasteiger partial charge in [0.25, 0.3) is 5.91 Å². The third-order valence-electron chi connectivity index (χ3n) is 4.65. The number of nitrogens with one attached hydrogen (secondary N) is 1. The Balaban J connectivity index is 1.64. The van der Waals surface area contributed by atoms with Crippen LogP contribution in [0.25, 0.3) is 0 Å². The molecule has 136 valence electrons. The zero-order chi connectivity index (χ0) is 18.2. The minimum atomic E-state index is -0.112. The minimum Gasteiger partial charge on any atom is -0.370 e. The highest BCUT2D eigenvalue weighted by Crippen LogP contribution is 2.20. The van der Waals surface area contributed by atoms with Crippen LogP contribution in [0.5, 0.6) is 0 Å². The molecule has 0 atom stereocenters. The molecule has 1 aromatic carbocycles. The highest BCUT2D eigenvalue weighted by Gasteiger charge is 2.17. The van der Waals surface area contributed by atoms with E-state index in [1.807, 2.05) is 37.3 Å². The molecular formula is C21H26N4O. The van der Waals surface area contributed by atoms with Crippen molar-refractivity contribution in [3.8, 4) is 0 Å². The summed E-state index contributed by atoms with van der Waals surface area (Å²) in [4.78, 5) is 23.0. The smallest absolute Gasteiger partial charge is 0.277 e.